The summed E-state index contributed by atoms with van der Waals surface area (Å²) in [6.45, 7) is 1.18. The Labute approximate surface area is 112 Å². The summed E-state index contributed by atoms with van der Waals surface area (Å²) in [7, 11) is 0. The van der Waals surface area contributed by atoms with Crippen LogP contribution in [0.3, 0.4) is 0 Å². The van der Waals surface area contributed by atoms with E-state index in [2.05, 4.69) is 10.6 Å². The van der Waals surface area contributed by atoms with E-state index in [1.165, 1.54) is 0 Å². The van der Waals surface area contributed by atoms with Crippen molar-refractivity contribution in [2.75, 3.05) is 13.1 Å². The highest BCUT2D eigenvalue weighted by atomic mass is 35.5. The van der Waals surface area contributed by atoms with Crippen LogP contribution in [-0.2, 0) is 5.54 Å². The standard InChI is InChI=1S/C13H18ClN3O/c14-11-5-2-1-4-10(11)13(6-7-13)17-12(18)16-9-3-8-15/h1-2,4-5H,3,6-9,15H2,(H2,16,17,18). The topological polar surface area (TPSA) is 67.1 Å². The van der Waals surface area contributed by atoms with E-state index in [1.54, 1.807) is 0 Å². The molecule has 0 aromatic heterocycles. The lowest BCUT2D eigenvalue weighted by Gasteiger charge is -2.19. The van der Waals surface area contributed by atoms with Crippen LogP contribution in [0.4, 0.5) is 4.79 Å². The Morgan fingerprint density at radius 1 is 1.39 bits per heavy atom. The van der Waals surface area contributed by atoms with Crippen molar-refractivity contribution in [3.63, 3.8) is 0 Å². The van der Waals surface area contributed by atoms with Crippen molar-refractivity contribution in [3.8, 4) is 0 Å². The van der Waals surface area contributed by atoms with Crippen LogP contribution in [0.5, 0.6) is 0 Å². The third-order valence-electron chi connectivity index (χ3n) is 3.16. The first kappa shape index (κ1) is 13.2. The zero-order valence-corrected chi connectivity index (χ0v) is 11.0. The van der Waals surface area contributed by atoms with Crippen LogP contribution >= 0.6 is 11.6 Å². The Balaban J connectivity index is 1.96. The minimum absolute atomic E-state index is 0.152. The van der Waals surface area contributed by atoms with E-state index in [0.717, 1.165) is 24.8 Å². The molecule has 4 nitrogen and oxygen atoms in total. The van der Waals surface area contributed by atoms with E-state index in [0.29, 0.717) is 18.1 Å². The van der Waals surface area contributed by atoms with Crippen molar-refractivity contribution < 1.29 is 4.79 Å². The third-order valence-corrected chi connectivity index (χ3v) is 3.49. The summed E-state index contributed by atoms with van der Waals surface area (Å²) in [6.07, 6.45) is 2.65. The summed E-state index contributed by atoms with van der Waals surface area (Å²) < 4.78 is 0. The van der Waals surface area contributed by atoms with Crippen LogP contribution in [0, 0.1) is 0 Å². The smallest absolute Gasteiger partial charge is 0.315 e. The fraction of sp³-hybridized carbons (Fsp3) is 0.462. The van der Waals surface area contributed by atoms with E-state index >= 15 is 0 Å². The maximum absolute atomic E-state index is 11.8. The molecule has 0 unspecified atom stereocenters. The molecule has 0 bridgehead atoms. The molecule has 2 rings (SSSR count). The number of rotatable bonds is 5. The molecule has 1 aliphatic carbocycles. The average molecular weight is 268 g/mol. The number of halogens is 1. The van der Waals surface area contributed by atoms with Crippen LogP contribution < -0.4 is 16.4 Å². The number of hydrogen-bond acceptors (Lipinski definition) is 2. The van der Waals surface area contributed by atoms with E-state index in [4.69, 9.17) is 17.3 Å². The van der Waals surface area contributed by atoms with Crippen LogP contribution in [0.1, 0.15) is 24.8 Å². The van der Waals surface area contributed by atoms with E-state index < -0.39 is 0 Å². The van der Waals surface area contributed by atoms with Crippen molar-refractivity contribution in [2.45, 2.75) is 24.8 Å². The monoisotopic (exact) mass is 267 g/mol. The summed E-state index contributed by atoms with van der Waals surface area (Å²) in [5, 5.41) is 6.51. The van der Waals surface area contributed by atoms with Crippen molar-refractivity contribution in [1.82, 2.24) is 10.6 Å². The van der Waals surface area contributed by atoms with Gasteiger partial charge in [-0.25, -0.2) is 4.79 Å². The second-order valence-corrected chi connectivity index (χ2v) is 4.99. The fourth-order valence-corrected chi connectivity index (χ4v) is 2.32. The average Bonchev–Trinajstić information content (AvgIpc) is 3.10. The summed E-state index contributed by atoms with van der Waals surface area (Å²) in [5.74, 6) is 0. The quantitative estimate of drug-likeness (QED) is 0.714. The zero-order chi connectivity index (χ0) is 13.0. The number of hydrogen-bond donors (Lipinski definition) is 3. The van der Waals surface area contributed by atoms with Gasteiger partial charge in [0.2, 0.25) is 0 Å². The van der Waals surface area contributed by atoms with Gasteiger partial charge < -0.3 is 16.4 Å². The predicted molar refractivity (Wildman–Crippen MR) is 72.6 cm³/mol. The number of carbonyl (C=O) groups is 1. The molecule has 0 radical (unpaired) electrons. The maximum Gasteiger partial charge on any atom is 0.315 e. The first-order valence-electron chi connectivity index (χ1n) is 6.19. The molecular weight excluding hydrogens is 250 g/mol. The SMILES string of the molecule is NCCCNC(=O)NC1(c2ccccc2Cl)CC1. The molecular formula is C13H18ClN3O. The molecule has 18 heavy (non-hydrogen) atoms. The molecule has 0 spiro atoms. The van der Waals surface area contributed by atoms with Crippen LogP contribution in [-0.4, -0.2) is 19.1 Å². The molecule has 0 aliphatic heterocycles. The van der Waals surface area contributed by atoms with Crippen molar-refractivity contribution in [3.05, 3.63) is 34.9 Å². The van der Waals surface area contributed by atoms with Gasteiger partial charge in [0, 0.05) is 11.6 Å². The number of nitrogens with two attached hydrogens (primary N) is 1. The Morgan fingerprint density at radius 2 is 2.11 bits per heavy atom. The molecule has 2 amide bonds. The van der Waals surface area contributed by atoms with E-state index in [9.17, 15) is 4.79 Å². The number of nitrogens with one attached hydrogen (secondary N) is 2. The van der Waals surface area contributed by atoms with Crippen LogP contribution in [0.15, 0.2) is 24.3 Å². The maximum atomic E-state index is 11.8. The lowest BCUT2D eigenvalue weighted by Crippen LogP contribution is -2.42. The van der Waals surface area contributed by atoms with E-state index in [1.807, 2.05) is 24.3 Å². The first-order chi connectivity index (χ1) is 8.68. The Morgan fingerprint density at radius 3 is 2.72 bits per heavy atom. The zero-order valence-electron chi connectivity index (χ0n) is 10.2. The van der Waals surface area contributed by atoms with Gasteiger partial charge in [0.1, 0.15) is 0 Å². The minimum Gasteiger partial charge on any atom is -0.338 e. The molecule has 1 fully saturated rings. The molecule has 1 aliphatic rings. The van der Waals surface area contributed by atoms with Gasteiger partial charge in [-0.15, -0.1) is 0 Å². The van der Waals surface area contributed by atoms with Gasteiger partial charge in [-0.1, -0.05) is 29.8 Å². The summed E-state index contributed by atoms with van der Waals surface area (Å²) in [4.78, 5) is 11.8. The predicted octanol–water partition coefficient (Wildman–Crippen LogP) is 1.98. The van der Waals surface area contributed by atoms with E-state index in [-0.39, 0.29) is 11.6 Å². The van der Waals surface area contributed by atoms with Crippen molar-refractivity contribution in [1.29, 1.82) is 0 Å². The van der Waals surface area contributed by atoms with Crippen LogP contribution in [0.25, 0.3) is 0 Å². The molecule has 4 N–H and O–H groups in total. The van der Waals surface area contributed by atoms with Gasteiger partial charge in [-0.3, -0.25) is 0 Å². The fourth-order valence-electron chi connectivity index (χ4n) is 2.00. The minimum atomic E-state index is -0.273. The molecule has 0 atom stereocenters. The van der Waals surface area contributed by atoms with Gasteiger partial charge in [0.25, 0.3) is 0 Å². The van der Waals surface area contributed by atoms with Gasteiger partial charge in [0.05, 0.1) is 5.54 Å². The van der Waals surface area contributed by atoms with Crippen LogP contribution in [0.2, 0.25) is 5.02 Å². The molecule has 98 valence electrons. The molecule has 1 saturated carbocycles. The molecule has 0 heterocycles. The second-order valence-electron chi connectivity index (χ2n) is 4.59. The normalized spacial score (nSPS) is 16.1. The van der Waals surface area contributed by atoms with Gasteiger partial charge in [-0.05, 0) is 37.4 Å². The van der Waals surface area contributed by atoms with Gasteiger partial charge >= 0.3 is 6.03 Å². The number of urea groups is 1. The summed E-state index contributed by atoms with van der Waals surface area (Å²) >= 11 is 6.17. The number of benzene rings is 1. The lowest BCUT2D eigenvalue weighted by atomic mass is 10.1. The Hall–Kier alpha value is -1.26. The number of amides is 2. The Kier molecular flexibility index (Phi) is 4.09. The largest absolute Gasteiger partial charge is 0.338 e. The molecule has 0 saturated heterocycles. The molecule has 1 aromatic carbocycles. The highest BCUT2D eigenvalue weighted by Crippen LogP contribution is 2.47. The lowest BCUT2D eigenvalue weighted by molar-refractivity contribution is 0.235. The van der Waals surface area contributed by atoms with Crippen molar-refractivity contribution in [2.24, 2.45) is 5.73 Å². The number of carbonyl (C=O) groups excluding carboxylic acids is 1. The summed E-state index contributed by atoms with van der Waals surface area (Å²) in [5.41, 5.74) is 6.10. The van der Waals surface area contributed by atoms with Crippen molar-refractivity contribution >= 4 is 17.6 Å². The highest BCUT2D eigenvalue weighted by Gasteiger charge is 2.46. The molecule has 5 heteroatoms. The summed E-state index contributed by atoms with van der Waals surface area (Å²) in [6, 6.07) is 7.50. The van der Waals surface area contributed by atoms with Gasteiger partial charge in [0.15, 0.2) is 0 Å². The highest BCUT2D eigenvalue weighted by molar-refractivity contribution is 6.31. The second kappa shape index (κ2) is 5.59. The first-order valence-corrected chi connectivity index (χ1v) is 6.57. The third kappa shape index (κ3) is 2.94. The molecule has 1 aromatic rings. The Bertz CT molecular complexity index is 432. The van der Waals surface area contributed by atoms with Gasteiger partial charge in [-0.2, -0.15) is 0 Å².